The molecule has 1 heterocycles. The number of nitrogens with zero attached hydrogens (tertiary/aromatic N) is 3. The van der Waals surface area contributed by atoms with E-state index in [9.17, 15) is 20.3 Å². The molecule has 0 saturated carbocycles. The van der Waals surface area contributed by atoms with Gasteiger partial charge < -0.3 is 19.9 Å². The number of aliphatic hydroxyl groups excluding tert-OH is 2. The van der Waals surface area contributed by atoms with E-state index in [4.69, 9.17) is 4.42 Å². The number of hydrogen-bond acceptors (Lipinski definition) is 8. The Kier molecular flexibility index (Phi) is 5.87. The van der Waals surface area contributed by atoms with Crippen LogP contribution < -0.4 is 5.32 Å². The first-order valence-corrected chi connectivity index (χ1v) is 8.23. The fourth-order valence-corrected chi connectivity index (χ4v) is 2.54. The smallest absolute Gasteiger partial charge is 0.269 e. The van der Waals surface area contributed by atoms with Gasteiger partial charge in [0.15, 0.2) is 0 Å². The molecule has 3 rings (SSSR count). The van der Waals surface area contributed by atoms with Gasteiger partial charge in [0.25, 0.3) is 5.69 Å². The van der Waals surface area contributed by atoms with E-state index in [1.54, 1.807) is 0 Å². The van der Waals surface area contributed by atoms with E-state index in [0.29, 0.717) is 17.3 Å². The predicted molar refractivity (Wildman–Crippen MR) is 95.5 cm³/mol. The number of nitro benzene ring substituents is 1. The molecule has 140 valence electrons. The molecular weight excluding hydrogens is 352 g/mol. The van der Waals surface area contributed by atoms with Crippen molar-refractivity contribution in [2.24, 2.45) is 0 Å². The monoisotopic (exact) mass is 370 g/mol. The standard InChI is InChI=1S/C18H18N4O5/c23-11-15(17(24)12-6-8-14(9-7-12)22(25)26)19-10-16-20-21-18(27-16)13-4-2-1-3-5-13/h1-9,15,17,19,23-24H,10-11H2/t15-,17-/m1/s1. The van der Waals surface area contributed by atoms with Crippen LogP contribution in [0, 0.1) is 10.1 Å². The van der Waals surface area contributed by atoms with Gasteiger partial charge in [0, 0.05) is 17.7 Å². The average Bonchev–Trinajstić information content (AvgIpc) is 3.18. The Hall–Kier alpha value is -3.14. The van der Waals surface area contributed by atoms with Crippen molar-refractivity contribution >= 4 is 5.69 Å². The number of non-ortho nitro benzene ring substituents is 1. The minimum atomic E-state index is -1.06. The van der Waals surface area contributed by atoms with Crippen molar-refractivity contribution in [3.05, 3.63) is 76.2 Å². The van der Waals surface area contributed by atoms with Crippen molar-refractivity contribution in [3.8, 4) is 11.5 Å². The molecule has 3 aromatic rings. The number of nitro groups is 1. The van der Waals surface area contributed by atoms with Crippen molar-refractivity contribution in [2.45, 2.75) is 18.7 Å². The minimum Gasteiger partial charge on any atom is -0.419 e. The van der Waals surface area contributed by atoms with Gasteiger partial charge in [-0.05, 0) is 29.8 Å². The maximum atomic E-state index is 10.7. The molecule has 9 heteroatoms. The second kappa shape index (κ2) is 8.49. The molecule has 0 bridgehead atoms. The molecule has 27 heavy (non-hydrogen) atoms. The maximum absolute atomic E-state index is 10.7. The lowest BCUT2D eigenvalue weighted by Crippen LogP contribution is -2.37. The summed E-state index contributed by atoms with van der Waals surface area (Å²) >= 11 is 0. The van der Waals surface area contributed by atoms with Crippen LogP contribution in [-0.2, 0) is 6.54 Å². The van der Waals surface area contributed by atoms with Crippen molar-refractivity contribution in [1.29, 1.82) is 0 Å². The van der Waals surface area contributed by atoms with Gasteiger partial charge in [0.05, 0.1) is 30.2 Å². The Morgan fingerprint density at radius 1 is 1.11 bits per heavy atom. The lowest BCUT2D eigenvalue weighted by molar-refractivity contribution is -0.384. The molecule has 2 aromatic carbocycles. The molecule has 3 N–H and O–H groups in total. The summed E-state index contributed by atoms with van der Waals surface area (Å²) in [4.78, 5) is 10.2. The van der Waals surface area contributed by atoms with Gasteiger partial charge in [-0.1, -0.05) is 18.2 Å². The van der Waals surface area contributed by atoms with Crippen molar-refractivity contribution in [3.63, 3.8) is 0 Å². The van der Waals surface area contributed by atoms with Crippen molar-refractivity contribution in [1.82, 2.24) is 15.5 Å². The summed E-state index contributed by atoms with van der Waals surface area (Å²) in [6, 6.07) is 14.1. The van der Waals surface area contributed by atoms with Crippen LogP contribution in [0.1, 0.15) is 17.6 Å². The van der Waals surface area contributed by atoms with E-state index in [0.717, 1.165) is 5.56 Å². The normalized spacial score (nSPS) is 13.3. The quantitative estimate of drug-likeness (QED) is 0.404. The maximum Gasteiger partial charge on any atom is 0.269 e. The zero-order chi connectivity index (χ0) is 19.2. The molecular formula is C18H18N4O5. The number of hydrogen-bond donors (Lipinski definition) is 3. The van der Waals surface area contributed by atoms with Crippen LogP contribution in [0.25, 0.3) is 11.5 Å². The van der Waals surface area contributed by atoms with E-state index in [2.05, 4.69) is 15.5 Å². The van der Waals surface area contributed by atoms with Crippen molar-refractivity contribution in [2.75, 3.05) is 6.61 Å². The number of nitrogens with one attached hydrogen (secondary N) is 1. The zero-order valence-corrected chi connectivity index (χ0v) is 14.2. The van der Waals surface area contributed by atoms with Crippen LogP contribution in [0.4, 0.5) is 5.69 Å². The van der Waals surface area contributed by atoms with E-state index in [1.807, 2.05) is 30.3 Å². The fourth-order valence-electron chi connectivity index (χ4n) is 2.54. The highest BCUT2D eigenvalue weighted by molar-refractivity contribution is 5.51. The van der Waals surface area contributed by atoms with E-state index >= 15 is 0 Å². The highest BCUT2D eigenvalue weighted by Crippen LogP contribution is 2.21. The molecule has 0 saturated heterocycles. The van der Waals surface area contributed by atoms with E-state index < -0.39 is 17.1 Å². The van der Waals surface area contributed by atoms with Crippen molar-refractivity contribution < 1.29 is 19.6 Å². The summed E-state index contributed by atoms with van der Waals surface area (Å²) in [7, 11) is 0. The molecule has 9 nitrogen and oxygen atoms in total. The van der Waals surface area contributed by atoms with Crippen LogP contribution in [-0.4, -0.2) is 38.0 Å². The minimum absolute atomic E-state index is 0.0706. The number of aliphatic hydroxyl groups is 2. The third kappa shape index (κ3) is 4.53. The summed E-state index contributed by atoms with van der Waals surface area (Å²) in [6.07, 6.45) is -1.06. The topological polar surface area (TPSA) is 135 Å². The molecule has 0 radical (unpaired) electrons. The SMILES string of the molecule is O=[N+]([O-])c1ccc([C@@H](O)[C@@H](CO)NCc2nnc(-c3ccccc3)o2)cc1. The highest BCUT2D eigenvalue weighted by atomic mass is 16.6. The first-order chi connectivity index (χ1) is 13.1. The van der Waals surface area contributed by atoms with Gasteiger partial charge in [-0.15, -0.1) is 10.2 Å². The van der Waals surface area contributed by atoms with Gasteiger partial charge in [-0.3, -0.25) is 10.1 Å². The van der Waals surface area contributed by atoms with Crippen LogP contribution >= 0.6 is 0 Å². The zero-order valence-electron chi connectivity index (χ0n) is 14.2. The second-order valence-corrected chi connectivity index (χ2v) is 5.83. The molecule has 2 atom stereocenters. The first-order valence-electron chi connectivity index (χ1n) is 8.23. The molecule has 1 aromatic heterocycles. The predicted octanol–water partition coefficient (Wildman–Crippen LogP) is 1.83. The molecule has 0 amide bonds. The van der Waals surface area contributed by atoms with E-state index in [1.165, 1.54) is 24.3 Å². The Balaban J connectivity index is 1.63. The third-order valence-electron chi connectivity index (χ3n) is 4.03. The number of benzene rings is 2. The Labute approximate surface area is 154 Å². The van der Waals surface area contributed by atoms with Crippen LogP contribution in [0.5, 0.6) is 0 Å². The van der Waals surface area contributed by atoms with Gasteiger partial charge >= 0.3 is 0 Å². The molecule has 0 aliphatic carbocycles. The first kappa shape index (κ1) is 18.6. The Morgan fingerprint density at radius 3 is 2.44 bits per heavy atom. The summed E-state index contributed by atoms with van der Waals surface area (Å²) in [5.74, 6) is 0.687. The largest absolute Gasteiger partial charge is 0.419 e. The van der Waals surface area contributed by atoms with Crippen LogP contribution in [0.3, 0.4) is 0 Å². The van der Waals surface area contributed by atoms with Gasteiger partial charge in [-0.2, -0.15) is 0 Å². The Bertz CT molecular complexity index is 882. The molecule has 0 aliphatic heterocycles. The fraction of sp³-hybridized carbons (Fsp3) is 0.222. The molecule has 0 fully saturated rings. The summed E-state index contributed by atoms with van der Waals surface area (Å²) in [5, 5.41) is 41.6. The van der Waals surface area contributed by atoms with Gasteiger partial charge in [0.2, 0.25) is 11.8 Å². The molecule has 0 aliphatic rings. The molecule has 0 spiro atoms. The summed E-state index contributed by atoms with van der Waals surface area (Å²) < 4.78 is 5.57. The lowest BCUT2D eigenvalue weighted by Gasteiger charge is -2.21. The summed E-state index contributed by atoms with van der Waals surface area (Å²) in [5.41, 5.74) is 1.17. The number of rotatable bonds is 8. The second-order valence-electron chi connectivity index (χ2n) is 5.83. The van der Waals surface area contributed by atoms with Gasteiger partial charge in [-0.25, -0.2) is 0 Å². The average molecular weight is 370 g/mol. The van der Waals surface area contributed by atoms with Crippen LogP contribution in [0.2, 0.25) is 0 Å². The number of aromatic nitrogens is 2. The van der Waals surface area contributed by atoms with Crippen LogP contribution in [0.15, 0.2) is 59.0 Å². The lowest BCUT2D eigenvalue weighted by atomic mass is 10.0. The molecule has 0 unspecified atom stereocenters. The third-order valence-corrected chi connectivity index (χ3v) is 4.03. The van der Waals surface area contributed by atoms with Gasteiger partial charge in [0.1, 0.15) is 0 Å². The highest BCUT2D eigenvalue weighted by Gasteiger charge is 2.21. The summed E-state index contributed by atoms with van der Waals surface area (Å²) in [6.45, 7) is -0.201. The van der Waals surface area contributed by atoms with E-state index in [-0.39, 0.29) is 18.8 Å². The Morgan fingerprint density at radius 2 is 1.81 bits per heavy atom.